The minimum absolute atomic E-state index is 0.0954. The van der Waals surface area contributed by atoms with Gasteiger partial charge in [0, 0.05) is 16.6 Å². The zero-order valence-corrected chi connectivity index (χ0v) is 12.8. The predicted molar refractivity (Wildman–Crippen MR) is 82.4 cm³/mol. The molecule has 0 aliphatic heterocycles. The second-order valence-electron chi connectivity index (χ2n) is 5.24. The molecule has 5 heteroatoms. The van der Waals surface area contributed by atoms with Crippen molar-refractivity contribution in [2.24, 2.45) is 5.41 Å². The van der Waals surface area contributed by atoms with Gasteiger partial charge in [0.1, 0.15) is 0 Å². The van der Waals surface area contributed by atoms with Gasteiger partial charge in [-0.2, -0.15) is 0 Å². The van der Waals surface area contributed by atoms with E-state index in [1.165, 1.54) is 11.0 Å². The molecule has 0 saturated heterocycles. The molecule has 0 bridgehead atoms. The van der Waals surface area contributed by atoms with Gasteiger partial charge in [-0.15, -0.1) is 0 Å². The van der Waals surface area contributed by atoms with E-state index in [0.29, 0.717) is 11.9 Å². The van der Waals surface area contributed by atoms with Gasteiger partial charge in [-0.3, -0.25) is 14.2 Å². The maximum absolute atomic E-state index is 12.4. The Morgan fingerprint density at radius 1 is 1.26 bits per heavy atom. The minimum Gasteiger partial charge on any atom is -0.269 e. The molecular weight excluding hydrogens is 326 g/mol. The number of benzene rings is 1. The molecule has 3 rings (SSSR count). The molecule has 1 aromatic carbocycles. The molecule has 19 heavy (non-hydrogen) atoms. The van der Waals surface area contributed by atoms with Crippen LogP contribution in [0.4, 0.5) is 0 Å². The fourth-order valence-electron chi connectivity index (χ4n) is 2.59. The molecule has 1 fully saturated rings. The molecule has 3 nitrogen and oxygen atoms in total. The number of hydrogen-bond acceptors (Lipinski definition) is 3. The number of aromatic nitrogens is 1. The lowest BCUT2D eigenvalue weighted by atomic mass is 9.70. The lowest BCUT2D eigenvalue weighted by molar-refractivity contribution is 0.138. The summed E-state index contributed by atoms with van der Waals surface area (Å²) >= 11 is 4.69. The molecule has 1 aromatic heterocycles. The van der Waals surface area contributed by atoms with E-state index in [1.54, 1.807) is 6.07 Å². The fourth-order valence-corrected chi connectivity index (χ4v) is 4.19. The van der Waals surface area contributed by atoms with Crippen LogP contribution in [-0.4, -0.2) is 9.90 Å². The van der Waals surface area contributed by atoms with Crippen molar-refractivity contribution >= 4 is 37.4 Å². The number of halogens is 1. The molecule has 0 radical (unpaired) electrons. The molecule has 0 atom stereocenters. The monoisotopic (exact) mass is 339 g/mol. The highest BCUT2D eigenvalue weighted by molar-refractivity contribution is 9.09. The van der Waals surface area contributed by atoms with Crippen LogP contribution in [0.5, 0.6) is 0 Å². The van der Waals surface area contributed by atoms with Crippen molar-refractivity contribution in [3.8, 4) is 0 Å². The molecule has 1 saturated carbocycles. The van der Waals surface area contributed by atoms with Crippen LogP contribution in [0.1, 0.15) is 19.3 Å². The van der Waals surface area contributed by atoms with Crippen LogP contribution in [0.3, 0.4) is 0 Å². The lowest BCUT2D eigenvalue weighted by Crippen LogP contribution is -2.43. The largest absolute Gasteiger partial charge is 0.310 e. The maximum atomic E-state index is 12.4. The number of rotatable bonds is 3. The molecular formula is C14H14BrNO2S. The average Bonchev–Trinajstić information content (AvgIpc) is 2.37. The van der Waals surface area contributed by atoms with Gasteiger partial charge in [0.2, 0.25) is 0 Å². The fraction of sp³-hybridized carbons (Fsp3) is 0.429. The summed E-state index contributed by atoms with van der Waals surface area (Å²) in [5.74, 6) is 0. The Labute approximate surface area is 123 Å². The molecule has 0 spiro atoms. The SMILES string of the molecule is O=c1sc2ccccc2c(=O)n1CC1(CBr)CCC1. The Balaban J connectivity index is 2.14. The number of alkyl halides is 1. The van der Waals surface area contributed by atoms with Crippen molar-refractivity contribution in [2.75, 3.05) is 5.33 Å². The summed E-state index contributed by atoms with van der Waals surface area (Å²) in [4.78, 5) is 24.4. The van der Waals surface area contributed by atoms with Gasteiger partial charge in [-0.05, 0) is 30.4 Å². The van der Waals surface area contributed by atoms with E-state index in [2.05, 4.69) is 15.9 Å². The van der Waals surface area contributed by atoms with Crippen molar-refractivity contribution in [1.82, 2.24) is 4.57 Å². The van der Waals surface area contributed by atoms with E-state index in [-0.39, 0.29) is 15.8 Å². The highest BCUT2D eigenvalue weighted by Gasteiger charge is 2.37. The first kappa shape index (κ1) is 13.1. The molecule has 0 amide bonds. The highest BCUT2D eigenvalue weighted by Crippen LogP contribution is 2.43. The number of fused-ring (bicyclic) bond motifs is 1. The summed E-state index contributed by atoms with van der Waals surface area (Å²) in [7, 11) is 0. The molecule has 1 aliphatic rings. The van der Waals surface area contributed by atoms with Crippen molar-refractivity contribution < 1.29 is 0 Å². The molecule has 100 valence electrons. The standard InChI is InChI=1S/C14H14BrNO2S/c15-8-14(6-3-7-14)9-16-12(17)10-4-1-2-5-11(10)19-13(16)18/h1-2,4-5H,3,6-9H2. The zero-order chi connectivity index (χ0) is 13.5. The van der Waals surface area contributed by atoms with Gasteiger partial charge in [0.05, 0.1) is 5.39 Å². The van der Waals surface area contributed by atoms with E-state index in [1.807, 2.05) is 18.2 Å². The van der Waals surface area contributed by atoms with Crippen molar-refractivity contribution in [1.29, 1.82) is 0 Å². The summed E-state index contributed by atoms with van der Waals surface area (Å²) in [6.45, 7) is 0.539. The molecule has 0 N–H and O–H groups in total. The second kappa shape index (κ2) is 4.87. The van der Waals surface area contributed by atoms with E-state index in [0.717, 1.165) is 34.2 Å². The summed E-state index contributed by atoms with van der Waals surface area (Å²) in [5.41, 5.74) is -0.0513. The molecule has 1 aliphatic carbocycles. The van der Waals surface area contributed by atoms with Crippen molar-refractivity contribution in [3.05, 3.63) is 44.3 Å². The third-order valence-corrected chi connectivity index (χ3v) is 6.13. The molecule has 2 aromatic rings. The quantitative estimate of drug-likeness (QED) is 0.806. The van der Waals surface area contributed by atoms with Crippen LogP contribution in [0.25, 0.3) is 10.1 Å². The summed E-state index contributed by atoms with van der Waals surface area (Å²) in [6.07, 6.45) is 3.36. The van der Waals surface area contributed by atoms with Gasteiger partial charge in [-0.1, -0.05) is 45.8 Å². The summed E-state index contributed by atoms with van der Waals surface area (Å²) in [6, 6.07) is 7.32. The minimum atomic E-state index is -0.147. The van der Waals surface area contributed by atoms with Crippen LogP contribution < -0.4 is 10.4 Å². The van der Waals surface area contributed by atoms with Gasteiger partial charge in [0.15, 0.2) is 0 Å². The summed E-state index contributed by atoms with van der Waals surface area (Å²) in [5, 5.41) is 1.50. The Bertz CT molecular complexity index is 725. The maximum Gasteiger partial charge on any atom is 0.310 e. The Kier molecular flexibility index (Phi) is 3.35. The Hall–Kier alpha value is -0.940. The summed E-state index contributed by atoms with van der Waals surface area (Å²) < 4.78 is 2.20. The third kappa shape index (κ3) is 2.19. The normalized spacial score (nSPS) is 17.3. The predicted octanol–water partition coefficient (Wildman–Crippen LogP) is 2.99. The number of nitrogens with zero attached hydrogens (tertiary/aromatic N) is 1. The number of hydrogen-bond donors (Lipinski definition) is 0. The van der Waals surface area contributed by atoms with E-state index in [9.17, 15) is 9.59 Å². The topological polar surface area (TPSA) is 39.1 Å². The average molecular weight is 340 g/mol. The highest BCUT2D eigenvalue weighted by atomic mass is 79.9. The van der Waals surface area contributed by atoms with Crippen LogP contribution >= 0.6 is 27.3 Å². The van der Waals surface area contributed by atoms with Crippen LogP contribution in [0.15, 0.2) is 33.9 Å². The zero-order valence-electron chi connectivity index (χ0n) is 10.4. The lowest BCUT2D eigenvalue weighted by Gasteiger charge is -2.40. The van der Waals surface area contributed by atoms with Gasteiger partial charge in [0.25, 0.3) is 5.56 Å². The van der Waals surface area contributed by atoms with Gasteiger partial charge in [-0.25, -0.2) is 0 Å². The second-order valence-corrected chi connectivity index (χ2v) is 6.80. The van der Waals surface area contributed by atoms with E-state index in [4.69, 9.17) is 0 Å². The van der Waals surface area contributed by atoms with Crippen LogP contribution in [-0.2, 0) is 6.54 Å². The van der Waals surface area contributed by atoms with Crippen molar-refractivity contribution in [3.63, 3.8) is 0 Å². The first-order valence-electron chi connectivity index (χ1n) is 6.34. The van der Waals surface area contributed by atoms with Gasteiger partial charge >= 0.3 is 4.87 Å². The Morgan fingerprint density at radius 2 is 2.00 bits per heavy atom. The Morgan fingerprint density at radius 3 is 2.63 bits per heavy atom. The van der Waals surface area contributed by atoms with E-state index >= 15 is 0 Å². The van der Waals surface area contributed by atoms with Crippen molar-refractivity contribution in [2.45, 2.75) is 25.8 Å². The molecule has 0 unspecified atom stereocenters. The third-order valence-electron chi connectivity index (χ3n) is 3.97. The first-order chi connectivity index (χ1) is 9.15. The molecule has 1 heterocycles. The van der Waals surface area contributed by atoms with Gasteiger partial charge < -0.3 is 0 Å². The first-order valence-corrected chi connectivity index (χ1v) is 8.28. The van der Waals surface area contributed by atoms with Crippen LogP contribution in [0.2, 0.25) is 0 Å². The smallest absolute Gasteiger partial charge is 0.269 e. The van der Waals surface area contributed by atoms with E-state index < -0.39 is 0 Å². The van der Waals surface area contributed by atoms with Crippen LogP contribution in [0, 0.1) is 5.41 Å².